The molecule has 0 saturated carbocycles. The van der Waals surface area contributed by atoms with Gasteiger partial charge in [-0.25, -0.2) is 0 Å². The Morgan fingerprint density at radius 3 is 2.58 bits per heavy atom. The van der Waals surface area contributed by atoms with Crippen LogP contribution in [0.2, 0.25) is 0 Å². The van der Waals surface area contributed by atoms with E-state index < -0.39 is 0 Å². The van der Waals surface area contributed by atoms with Crippen molar-refractivity contribution in [3.05, 3.63) is 35.4 Å². The number of amides is 2. The molecule has 2 aliphatic heterocycles. The number of rotatable bonds is 4. The number of piperidine rings is 1. The maximum absolute atomic E-state index is 12.4. The van der Waals surface area contributed by atoms with Gasteiger partial charge in [-0.15, -0.1) is 0 Å². The average molecular weight is 331 g/mol. The number of hydrogen-bond donors (Lipinski definition) is 2. The fraction of sp³-hybridized carbons (Fsp3) is 0.556. The van der Waals surface area contributed by atoms with Crippen LogP contribution in [-0.4, -0.2) is 55.6 Å². The van der Waals surface area contributed by atoms with E-state index in [2.05, 4.69) is 10.6 Å². The second-order valence-electron chi connectivity index (χ2n) is 6.35. The van der Waals surface area contributed by atoms with E-state index in [-0.39, 0.29) is 17.9 Å². The quantitative estimate of drug-likeness (QED) is 0.861. The molecule has 0 radical (unpaired) electrons. The van der Waals surface area contributed by atoms with E-state index in [9.17, 15) is 9.59 Å². The summed E-state index contributed by atoms with van der Waals surface area (Å²) in [6.45, 7) is 3.92. The highest BCUT2D eigenvalue weighted by Crippen LogP contribution is 2.14. The number of ether oxygens (including phenoxy) is 1. The zero-order chi connectivity index (χ0) is 16.8. The van der Waals surface area contributed by atoms with Gasteiger partial charge >= 0.3 is 0 Å². The van der Waals surface area contributed by atoms with Crippen LogP contribution in [0, 0.1) is 0 Å². The van der Waals surface area contributed by atoms with Gasteiger partial charge in [0, 0.05) is 31.7 Å². The third-order valence-corrected chi connectivity index (χ3v) is 4.55. The van der Waals surface area contributed by atoms with Crippen molar-refractivity contribution in [1.29, 1.82) is 0 Å². The van der Waals surface area contributed by atoms with E-state index >= 15 is 0 Å². The topological polar surface area (TPSA) is 70.7 Å². The van der Waals surface area contributed by atoms with Crippen molar-refractivity contribution in [3.8, 4) is 0 Å². The van der Waals surface area contributed by atoms with Gasteiger partial charge in [-0.05, 0) is 37.0 Å². The molecule has 3 rings (SSSR count). The first-order chi connectivity index (χ1) is 11.7. The fourth-order valence-electron chi connectivity index (χ4n) is 3.09. The summed E-state index contributed by atoms with van der Waals surface area (Å²) >= 11 is 0. The Kier molecular flexibility index (Phi) is 5.82. The highest BCUT2D eigenvalue weighted by Gasteiger charge is 2.21. The molecule has 2 N–H and O–H groups in total. The maximum Gasteiger partial charge on any atom is 0.253 e. The minimum absolute atomic E-state index is 0.0526. The monoisotopic (exact) mass is 331 g/mol. The van der Waals surface area contributed by atoms with Crippen molar-refractivity contribution in [2.75, 3.05) is 32.8 Å². The van der Waals surface area contributed by atoms with E-state index in [4.69, 9.17) is 4.74 Å². The summed E-state index contributed by atoms with van der Waals surface area (Å²) in [5.41, 5.74) is 1.70. The van der Waals surface area contributed by atoms with E-state index in [0.29, 0.717) is 31.9 Å². The third-order valence-electron chi connectivity index (χ3n) is 4.55. The average Bonchev–Trinajstić information content (AvgIpc) is 2.67. The number of benzene rings is 1. The molecule has 0 aromatic heterocycles. The number of hydrogen-bond acceptors (Lipinski definition) is 4. The van der Waals surface area contributed by atoms with Crippen molar-refractivity contribution in [3.63, 3.8) is 0 Å². The van der Waals surface area contributed by atoms with Gasteiger partial charge in [-0.2, -0.15) is 0 Å². The second-order valence-corrected chi connectivity index (χ2v) is 6.35. The fourth-order valence-corrected chi connectivity index (χ4v) is 3.09. The first-order valence-corrected chi connectivity index (χ1v) is 8.71. The number of morpholine rings is 1. The molecule has 2 fully saturated rings. The van der Waals surface area contributed by atoms with Crippen molar-refractivity contribution in [2.45, 2.75) is 31.8 Å². The Hall–Kier alpha value is -1.92. The summed E-state index contributed by atoms with van der Waals surface area (Å²) in [5, 5.41) is 6.03. The number of carbonyl (C=O) groups is 2. The Morgan fingerprint density at radius 2 is 1.92 bits per heavy atom. The van der Waals surface area contributed by atoms with Gasteiger partial charge in [0.25, 0.3) is 5.91 Å². The first kappa shape index (κ1) is 16.9. The van der Waals surface area contributed by atoms with Crippen molar-refractivity contribution >= 4 is 11.8 Å². The molecule has 24 heavy (non-hydrogen) atoms. The lowest BCUT2D eigenvalue weighted by Gasteiger charge is -2.26. The molecular formula is C18H25N3O3. The predicted molar refractivity (Wildman–Crippen MR) is 90.7 cm³/mol. The summed E-state index contributed by atoms with van der Waals surface area (Å²) in [6, 6.07) is 7.23. The van der Waals surface area contributed by atoms with Crippen LogP contribution in [0.5, 0.6) is 0 Å². The molecule has 0 bridgehead atoms. The highest BCUT2D eigenvalue weighted by atomic mass is 16.5. The van der Waals surface area contributed by atoms with Crippen LogP contribution in [0.3, 0.4) is 0 Å². The van der Waals surface area contributed by atoms with Crippen LogP contribution in [-0.2, 0) is 16.1 Å². The number of nitrogens with one attached hydrogen (secondary N) is 2. The lowest BCUT2D eigenvalue weighted by molar-refractivity contribution is -0.126. The van der Waals surface area contributed by atoms with Gasteiger partial charge < -0.3 is 20.3 Å². The van der Waals surface area contributed by atoms with Gasteiger partial charge in [0.1, 0.15) is 6.04 Å². The smallest absolute Gasteiger partial charge is 0.253 e. The number of nitrogens with zero attached hydrogens (tertiary/aromatic N) is 1. The molecule has 1 unspecified atom stereocenters. The largest absolute Gasteiger partial charge is 0.378 e. The zero-order valence-electron chi connectivity index (χ0n) is 13.9. The lowest BCUT2D eigenvalue weighted by atomic mass is 10.1. The second kappa shape index (κ2) is 8.26. The van der Waals surface area contributed by atoms with Crippen LogP contribution >= 0.6 is 0 Å². The minimum Gasteiger partial charge on any atom is -0.378 e. The molecule has 6 nitrogen and oxygen atoms in total. The van der Waals surface area contributed by atoms with Gasteiger partial charge in [-0.3, -0.25) is 9.59 Å². The molecule has 2 saturated heterocycles. The van der Waals surface area contributed by atoms with Crippen LogP contribution < -0.4 is 10.6 Å². The Labute approximate surface area is 142 Å². The summed E-state index contributed by atoms with van der Waals surface area (Å²) < 4.78 is 5.29. The summed E-state index contributed by atoms with van der Waals surface area (Å²) in [5.74, 6) is 0.0528. The molecular weight excluding hydrogens is 306 g/mol. The Bertz CT molecular complexity index is 561. The molecule has 1 aromatic rings. The summed E-state index contributed by atoms with van der Waals surface area (Å²) in [7, 11) is 0. The van der Waals surface area contributed by atoms with Crippen molar-refractivity contribution in [1.82, 2.24) is 15.5 Å². The van der Waals surface area contributed by atoms with Crippen molar-refractivity contribution < 1.29 is 14.3 Å². The number of likely N-dealkylation sites (tertiary alicyclic amines) is 1. The predicted octanol–water partition coefficient (Wildman–Crippen LogP) is 0.917. The lowest BCUT2D eigenvalue weighted by Crippen LogP contribution is -2.51. The summed E-state index contributed by atoms with van der Waals surface area (Å²) in [6.07, 6.45) is 3.40. The van der Waals surface area contributed by atoms with Crippen LogP contribution in [0.4, 0.5) is 0 Å². The maximum atomic E-state index is 12.4. The number of carbonyl (C=O) groups excluding carboxylic acids is 2. The third kappa shape index (κ3) is 4.33. The standard InChI is InChI=1S/C18H25N3O3/c22-17(16-13-24-11-8-19-16)20-12-14-4-6-15(7-5-14)18(23)21-9-2-1-3-10-21/h4-7,16,19H,1-3,8-13H2,(H,20,22). The zero-order valence-corrected chi connectivity index (χ0v) is 13.9. The van der Waals surface area contributed by atoms with E-state index in [1.165, 1.54) is 6.42 Å². The van der Waals surface area contributed by atoms with E-state index in [1.54, 1.807) is 0 Å². The van der Waals surface area contributed by atoms with Crippen LogP contribution in [0.1, 0.15) is 35.2 Å². The molecule has 2 aliphatic rings. The summed E-state index contributed by atoms with van der Waals surface area (Å²) in [4.78, 5) is 26.4. The highest BCUT2D eigenvalue weighted by molar-refractivity contribution is 5.94. The Balaban J connectivity index is 1.50. The molecule has 2 heterocycles. The Morgan fingerprint density at radius 1 is 1.17 bits per heavy atom. The molecule has 2 amide bonds. The van der Waals surface area contributed by atoms with Gasteiger partial charge in [0.2, 0.25) is 5.91 Å². The normalized spacial score (nSPS) is 21.3. The molecule has 1 aromatic carbocycles. The first-order valence-electron chi connectivity index (χ1n) is 8.71. The molecule has 6 heteroatoms. The molecule has 0 aliphatic carbocycles. The van der Waals surface area contributed by atoms with E-state index in [1.807, 2.05) is 29.2 Å². The molecule has 0 spiro atoms. The molecule has 130 valence electrons. The van der Waals surface area contributed by atoms with Crippen LogP contribution in [0.25, 0.3) is 0 Å². The van der Waals surface area contributed by atoms with Gasteiger partial charge in [-0.1, -0.05) is 12.1 Å². The van der Waals surface area contributed by atoms with Gasteiger partial charge in [0.05, 0.1) is 13.2 Å². The minimum atomic E-state index is -0.279. The van der Waals surface area contributed by atoms with E-state index in [0.717, 1.165) is 31.5 Å². The van der Waals surface area contributed by atoms with Crippen molar-refractivity contribution in [2.24, 2.45) is 0 Å². The van der Waals surface area contributed by atoms with Gasteiger partial charge in [0.15, 0.2) is 0 Å². The molecule has 1 atom stereocenters. The van der Waals surface area contributed by atoms with Crippen LogP contribution in [0.15, 0.2) is 24.3 Å². The SMILES string of the molecule is O=C(NCc1ccc(C(=O)N2CCCCC2)cc1)C1COCCN1.